The lowest BCUT2D eigenvalue weighted by Crippen LogP contribution is -2.28. The third-order valence-corrected chi connectivity index (χ3v) is 6.62. The van der Waals surface area contributed by atoms with E-state index in [9.17, 15) is 4.79 Å². The zero-order valence-electron chi connectivity index (χ0n) is 16.6. The van der Waals surface area contributed by atoms with Crippen molar-refractivity contribution in [3.05, 3.63) is 82.3 Å². The molecular weight excluding hydrogens is 474 g/mol. The van der Waals surface area contributed by atoms with E-state index in [-0.39, 0.29) is 5.91 Å². The maximum Gasteiger partial charge on any atom is 0.268 e. The summed E-state index contributed by atoms with van der Waals surface area (Å²) in [6.07, 6.45) is -0.202. The molecular formula is C24H18BrN3O2S. The van der Waals surface area contributed by atoms with Gasteiger partial charge < -0.3 is 10.2 Å². The minimum atomic E-state index is -0.638. The summed E-state index contributed by atoms with van der Waals surface area (Å²) in [7, 11) is 0. The van der Waals surface area contributed by atoms with E-state index in [1.54, 1.807) is 11.3 Å². The molecule has 0 radical (unpaired) electrons. The second-order valence-corrected chi connectivity index (χ2v) is 9.35. The third-order valence-electron chi connectivity index (χ3n) is 5.06. The molecule has 0 spiro atoms. The minimum Gasteiger partial charge on any atom is -0.382 e. The average molecular weight is 492 g/mol. The van der Waals surface area contributed by atoms with E-state index in [4.69, 9.17) is 9.82 Å². The number of fused-ring (bicyclic) bond motifs is 1. The van der Waals surface area contributed by atoms with Gasteiger partial charge in [0.25, 0.3) is 5.91 Å². The Bertz CT molecular complexity index is 1310. The van der Waals surface area contributed by atoms with Crippen LogP contribution in [0.25, 0.3) is 20.8 Å². The number of aryl methyl sites for hydroxylation is 1. The summed E-state index contributed by atoms with van der Waals surface area (Å²) in [6.45, 7) is 2.08. The van der Waals surface area contributed by atoms with Crippen LogP contribution >= 0.6 is 27.3 Å². The number of halogens is 1. The second kappa shape index (κ2) is 8.24. The number of anilines is 1. The smallest absolute Gasteiger partial charge is 0.268 e. The fraction of sp³-hybridized carbons (Fsp3) is 0.125. The molecule has 0 fully saturated rings. The number of hydrogen-bond donors (Lipinski definition) is 1. The van der Waals surface area contributed by atoms with Gasteiger partial charge in [0.05, 0.1) is 15.9 Å². The van der Waals surface area contributed by atoms with E-state index in [1.807, 2.05) is 54.6 Å². The molecule has 1 unspecified atom stereocenters. The highest BCUT2D eigenvalue weighted by molar-refractivity contribution is 9.10. The van der Waals surface area contributed by atoms with Crippen molar-refractivity contribution in [2.24, 2.45) is 5.16 Å². The summed E-state index contributed by atoms with van der Waals surface area (Å²) < 4.78 is 2.14. The predicted molar refractivity (Wildman–Crippen MR) is 129 cm³/mol. The topological polar surface area (TPSA) is 63.6 Å². The standard InChI is InChI=1S/C24H18BrN3O2S/c1-14-5-10-19-22(11-14)31-24(27-19)15-6-8-18(9-7-15)26-23(29)21-13-20(28-30-21)16-3-2-4-17(25)12-16/h2-12,21H,13H2,1H3,(H,26,29). The van der Waals surface area contributed by atoms with Crippen molar-refractivity contribution in [3.63, 3.8) is 0 Å². The highest BCUT2D eigenvalue weighted by atomic mass is 79.9. The normalized spacial score (nSPS) is 15.5. The van der Waals surface area contributed by atoms with Crippen LogP contribution in [0.1, 0.15) is 17.5 Å². The number of oxime groups is 1. The summed E-state index contributed by atoms with van der Waals surface area (Å²) >= 11 is 5.12. The lowest BCUT2D eigenvalue weighted by Gasteiger charge is -2.10. The fourth-order valence-electron chi connectivity index (χ4n) is 3.43. The zero-order chi connectivity index (χ0) is 21.4. The molecule has 5 rings (SSSR count). The number of rotatable bonds is 4. The van der Waals surface area contributed by atoms with Crippen LogP contribution in [0.15, 0.2) is 76.4 Å². The predicted octanol–water partition coefficient (Wildman–Crippen LogP) is 6.17. The van der Waals surface area contributed by atoms with E-state index >= 15 is 0 Å². The molecule has 1 aliphatic rings. The Hall–Kier alpha value is -3.03. The SMILES string of the molecule is Cc1ccc2nc(-c3ccc(NC(=O)C4CC(c5cccc(Br)c5)=NO4)cc3)sc2c1. The molecule has 1 aliphatic heterocycles. The van der Waals surface area contributed by atoms with Gasteiger partial charge in [0.15, 0.2) is 0 Å². The molecule has 1 aromatic heterocycles. The van der Waals surface area contributed by atoms with E-state index in [0.29, 0.717) is 12.1 Å². The Morgan fingerprint density at radius 3 is 2.74 bits per heavy atom. The Kier molecular flexibility index (Phi) is 5.29. The van der Waals surface area contributed by atoms with Gasteiger partial charge in [0.1, 0.15) is 5.01 Å². The first-order chi connectivity index (χ1) is 15.0. The number of hydrogen-bond acceptors (Lipinski definition) is 5. The largest absolute Gasteiger partial charge is 0.382 e. The van der Waals surface area contributed by atoms with Gasteiger partial charge in [-0.05, 0) is 61.0 Å². The summed E-state index contributed by atoms with van der Waals surface area (Å²) in [5.41, 5.74) is 5.67. The molecule has 1 atom stereocenters. The quantitative estimate of drug-likeness (QED) is 0.371. The summed E-state index contributed by atoms with van der Waals surface area (Å²) in [5.74, 6) is -0.211. The molecule has 0 saturated heterocycles. The first-order valence-corrected chi connectivity index (χ1v) is 11.4. The number of carbonyl (C=O) groups excluding carboxylic acids is 1. The van der Waals surface area contributed by atoms with Crippen molar-refractivity contribution < 1.29 is 9.63 Å². The molecule has 4 aromatic rings. The molecule has 1 N–H and O–H groups in total. The average Bonchev–Trinajstić information content (AvgIpc) is 3.41. The number of thiazole rings is 1. The van der Waals surface area contributed by atoms with Crippen molar-refractivity contribution in [1.29, 1.82) is 0 Å². The molecule has 3 aromatic carbocycles. The maximum atomic E-state index is 12.6. The van der Waals surface area contributed by atoms with E-state index in [0.717, 1.165) is 31.8 Å². The van der Waals surface area contributed by atoms with Crippen LogP contribution in [0.4, 0.5) is 5.69 Å². The summed E-state index contributed by atoms with van der Waals surface area (Å²) in [5, 5.41) is 7.98. The molecule has 1 amide bonds. The van der Waals surface area contributed by atoms with Crippen molar-refractivity contribution in [3.8, 4) is 10.6 Å². The molecule has 7 heteroatoms. The number of aromatic nitrogens is 1. The molecule has 154 valence electrons. The van der Waals surface area contributed by atoms with Gasteiger partial charge in [-0.25, -0.2) is 4.98 Å². The molecule has 0 saturated carbocycles. The van der Waals surface area contributed by atoms with Crippen molar-refractivity contribution >= 4 is 54.8 Å². The highest BCUT2D eigenvalue weighted by Gasteiger charge is 2.29. The van der Waals surface area contributed by atoms with E-state index in [2.05, 4.69) is 45.5 Å². The lowest BCUT2D eigenvalue weighted by molar-refractivity contribution is -0.125. The van der Waals surface area contributed by atoms with Crippen LogP contribution in [0.5, 0.6) is 0 Å². The summed E-state index contributed by atoms with van der Waals surface area (Å²) in [4.78, 5) is 22.7. The molecule has 2 heterocycles. The molecule has 5 nitrogen and oxygen atoms in total. The van der Waals surface area contributed by atoms with Gasteiger partial charge in [0.2, 0.25) is 6.10 Å². The first-order valence-electron chi connectivity index (χ1n) is 9.82. The first kappa shape index (κ1) is 19.9. The monoisotopic (exact) mass is 491 g/mol. The maximum absolute atomic E-state index is 12.6. The van der Waals surface area contributed by atoms with Crippen molar-refractivity contribution in [2.45, 2.75) is 19.4 Å². The van der Waals surface area contributed by atoms with Gasteiger partial charge in [0, 0.05) is 27.7 Å². The van der Waals surface area contributed by atoms with E-state index in [1.165, 1.54) is 10.3 Å². The Balaban J connectivity index is 1.25. The van der Waals surface area contributed by atoms with Crippen LogP contribution in [-0.4, -0.2) is 22.7 Å². The Morgan fingerprint density at radius 1 is 1.10 bits per heavy atom. The molecule has 0 aliphatic carbocycles. The molecule has 31 heavy (non-hydrogen) atoms. The highest BCUT2D eigenvalue weighted by Crippen LogP contribution is 2.31. The summed E-state index contributed by atoms with van der Waals surface area (Å²) in [6, 6.07) is 21.8. The number of nitrogens with one attached hydrogen (secondary N) is 1. The number of nitrogens with zero attached hydrogens (tertiary/aromatic N) is 2. The van der Waals surface area contributed by atoms with Crippen molar-refractivity contribution in [1.82, 2.24) is 4.98 Å². The Labute approximate surface area is 191 Å². The fourth-order valence-corrected chi connectivity index (χ4v) is 4.90. The van der Waals surface area contributed by atoms with Crippen LogP contribution in [-0.2, 0) is 9.63 Å². The third kappa shape index (κ3) is 4.24. The second-order valence-electron chi connectivity index (χ2n) is 7.40. The zero-order valence-corrected chi connectivity index (χ0v) is 19.0. The van der Waals surface area contributed by atoms with Gasteiger partial charge in [-0.3, -0.25) is 4.79 Å². The van der Waals surface area contributed by atoms with E-state index < -0.39 is 6.10 Å². The van der Waals surface area contributed by atoms with Gasteiger partial charge in [-0.2, -0.15) is 0 Å². The van der Waals surface area contributed by atoms with Gasteiger partial charge in [-0.15, -0.1) is 11.3 Å². The van der Waals surface area contributed by atoms with Gasteiger partial charge >= 0.3 is 0 Å². The Morgan fingerprint density at radius 2 is 1.94 bits per heavy atom. The van der Waals surface area contributed by atoms with Crippen LogP contribution in [0.2, 0.25) is 0 Å². The number of benzene rings is 3. The van der Waals surface area contributed by atoms with Crippen LogP contribution < -0.4 is 5.32 Å². The number of amides is 1. The van der Waals surface area contributed by atoms with Gasteiger partial charge in [-0.1, -0.05) is 39.3 Å². The van der Waals surface area contributed by atoms with Crippen LogP contribution in [0, 0.1) is 6.92 Å². The minimum absolute atomic E-state index is 0.211. The van der Waals surface area contributed by atoms with Crippen molar-refractivity contribution in [2.75, 3.05) is 5.32 Å². The number of carbonyl (C=O) groups is 1. The molecule has 0 bridgehead atoms. The lowest BCUT2D eigenvalue weighted by atomic mass is 10.0. The van der Waals surface area contributed by atoms with Crippen LogP contribution in [0.3, 0.4) is 0 Å².